The summed E-state index contributed by atoms with van der Waals surface area (Å²) in [5.74, 6) is -0.954. The lowest BCUT2D eigenvalue weighted by Crippen LogP contribution is -2.43. The Hall–Kier alpha value is -4.43. The summed E-state index contributed by atoms with van der Waals surface area (Å²) in [6.45, 7) is 0.601. The molecule has 174 valence electrons. The second-order valence-electron chi connectivity index (χ2n) is 7.51. The molecule has 0 radical (unpaired) electrons. The summed E-state index contributed by atoms with van der Waals surface area (Å²) in [5, 5.41) is 20.5. The number of hydrogen-bond donors (Lipinski definition) is 4. The highest BCUT2D eigenvalue weighted by Crippen LogP contribution is 2.13. The molecule has 0 aromatic heterocycles. The molecule has 0 fully saturated rings. The normalized spacial score (nSPS) is 10.6. The Kier molecular flexibility index (Phi) is 8.54. The van der Waals surface area contributed by atoms with Gasteiger partial charge in [0.2, 0.25) is 0 Å². The highest BCUT2D eigenvalue weighted by molar-refractivity contribution is 6.04. The maximum Gasteiger partial charge on any atom is 0.324 e. The first-order valence-corrected chi connectivity index (χ1v) is 10.6. The second kappa shape index (κ2) is 12.0. The van der Waals surface area contributed by atoms with Gasteiger partial charge in [-0.15, -0.1) is 0 Å². The van der Waals surface area contributed by atoms with E-state index in [9.17, 15) is 19.5 Å². The van der Waals surface area contributed by atoms with Gasteiger partial charge in [-0.05, 0) is 53.5 Å². The molecule has 0 spiro atoms. The summed E-state index contributed by atoms with van der Waals surface area (Å²) in [5.41, 5.74) is 4.42. The summed E-state index contributed by atoms with van der Waals surface area (Å²) in [7, 11) is 0. The quantitative estimate of drug-likeness (QED) is 0.234. The highest BCUT2D eigenvalue weighted by Gasteiger charge is 2.18. The van der Waals surface area contributed by atoms with Crippen LogP contribution in [0.5, 0.6) is 5.75 Å². The topological polar surface area (TPSA) is 119 Å². The van der Waals surface area contributed by atoms with Gasteiger partial charge in [-0.2, -0.15) is 0 Å². The van der Waals surface area contributed by atoms with Crippen molar-refractivity contribution in [2.75, 3.05) is 6.54 Å². The molecule has 0 heterocycles. The number of benzene rings is 3. The van der Waals surface area contributed by atoms with Crippen molar-refractivity contribution in [1.29, 1.82) is 0 Å². The number of carbonyl (C=O) groups excluding carboxylic acids is 3. The minimum absolute atomic E-state index is 0.164. The van der Waals surface area contributed by atoms with Crippen LogP contribution in [0.25, 0.3) is 6.08 Å². The molecule has 0 saturated heterocycles. The van der Waals surface area contributed by atoms with E-state index in [0.29, 0.717) is 18.5 Å². The molecule has 4 N–H and O–H groups in total. The smallest absolute Gasteiger partial charge is 0.324 e. The van der Waals surface area contributed by atoms with Gasteiger partial charge in [0.05, 0.1) is 0 Å². The number of phenols is 1. The number of hydroxylamine groups is 1. The van der Waals surface area contributed by atoms with E-state index in [-0.39, 0.29) is 12.3 Å². The third kappa shape index (κ3) is 7.32. The Balaban J connectivity index is 1.71. The first kappa shape index (κ1) is 24.2. The number of carbonyl (C=O) groups is 3. The molecule has 0 atom stereocenters. The Morgan fingerprint density at radius 2 is 1.50 bits per heavy atom. The van der Waals surface area contributed by atoms with Crippen LogP contribution >= 0.6 is 0 Å². The maximum atomic E-state index is 13.0. The van der Waals surface area contributed by atoms with E-state index in [1.807, 2.05) is 12.1 Å². The fraction of sp³-hybridized carbons (Fsp3) is 0.115. The van der Waals surface area contributed by atoms with Crippen LogP contribution in [-0.2, 0) is 17.8 Å². The van der Waals surface area contributed by atoms with Gasteiger partial charge in [-0.3, -0.25) is 20.1 Å². The molecule has 3 aromatic carbocycles. The highest BCUT2D eigenvalue weighted by atomic mass is 16.5. The van der Waals surface area contributed by atoms with Crippen molar-refractivity contribution in [2.45, 2.75) is 13.0 Å². The average Bonchev–Trinajstić information content (AvgIpc) is 2.87. The van der Waals surface area contributed by atoms with E-state index in [2.05, 4.69) is 5.32 Å². The zero-order valence-electron chi connectivity index (χ0n) is 18.3. The molecule has 0 aliphatic carbocycles. The Morgan fingerprint density at radius 3 is 2.15 bits per heavy atom. The minimum atomic E-state index is -0.635. The lowest BCUT2D eigenvalue weighted by atomic mass is 10.1. The van der Waals surface area contributed by atoms with E-state index in [4.69, 9.17) is 5.21 Å². The lowest BCUT2D eigenvalue weighted by Gasteiger charge is -2.23. The Labute approximate surface area is 197 Å². The number of imide groups is 1. The summed E-state index contributed by atoms with van der Waals surface area (Å²) < 4.78 is 0. The van der Waals surface area contributed by atoms with Crippen molar-refractivity contribution in [3.8, 4) is 5.75 Å². The van der Waals surface area contributed by atoms with Gasteiger partial charge in [0, 0.05) is 24.7 Å². The summed E-state index contributed by atoms with van der Waals surface area (Å²) in [6, 6.07) is 21.9. The number of hydrogen-bond acceptors (Lipinski definition) is 5. The van der Waals surface area contributed by atoms with Crippen LogP contribution in [0.4, 0.5) is 4.79 Å². The number of rotatable bonds is 8. The van der Waals surface area contributed by atoms with Crippen LogP contribution < -0.4 is 10.8 Å². The SMILES string of the molecule is O=C(/C=C/c1ccc(CN(CCc2ccc(O)cc2)C(=O)NC(=O)c2ccccc2)cc1)NO. The van der Waals surface area contributed by atoms with Gasteiger partial charge in [0.1, 0.15) is 5.75 Å². The van der Waals surface area contributed by atoms with E-state index < -0.39 is 17.8 Å². The van der Waals surface area contributed by atoms with Gasteiger partial charge in [-0.25, -0.2) is 10.3 Å². The van der Waals surface area contributed by atoms with Gasteiger partial charge < -0.3 is 10.0 Å². The molecule has 8 heteroatoms. The molecule has 3 rings (SSSR count). The molecule has 0 bridgehead atoms. The number of nitrogens with zero attached hydrogens (tertiary/aromatic N) is 1. The minimum Gasteiger partial charge on any atom is -0.508 e. The van der Waals surface area contributed by atoms with E-state index in [1.54, 1.807) is 72.8 Å². The molecule has 8 nitrogen and oxygen atoms in total. The monoisotopic (exact) mass is 459 g/mol. The van der Waals surface area contributed by atoms with E-state index in [0.717, 1.165) is 16.7 Å². The molecule has 0 saturated carbocycles. The van der Waals surface area contributed by atoms with Crippen LogP contribution in [-0.4, -0.2) is 39.6 Å². The van der Waals surface area contributed by atoms with Crippen LogP contribution in [0.1, 0.15) is 27.0 Å². The van der Waals surface area contributed by atoms with Crippen molar-refractivity contribution >= 4 is 23.9 Å². The fourth-order valence-corrected chi connectivity index (χ4v) is 3.18. The predicted molar refractivity (Wildman–Crippen MR) is 127 cm³/mol. The molecule has 3 aromatic rings. The van der Waals surface area contributed by atoms with Crippen molar-refractivity contribution in [1.82, 2.24) is 15.7 Å². The van der Waals surface area contributed by atoms with Crippen molar-refractivity contribution in [3.05, 3.63) is 107 Å². The zero-order valence-corrected chi connectivity index (χ0v) is 18.3. The summed E-state index contributed by atoms with van der Waals surface area (Å²) >= 11 is 0. The molecule has 0 aliphatic heterocycles. The van der Waals surface area contributed by atoms with Crippen LogP contribution in [0.3, 0.4) is 0 Å². The van der Waals surface area contributed by atoms with E-state index >= 15 is 0 Å². The second-order valence-corrected chi connectivity index (χ2v) is 7.51. The van der Waals surface area contributed by atoms with Crippen molar-refractivity contribution in [3.63, 3.8) is 0 Å². The number of nitrogens with one attached hydrogen (secondary N) is 2. The number of urea groups is 1. The van der Waals surface area contributed by atoms with Gasteiger partial charge >= 0.3 is 6.03 Å². The van der Waals surface area contributed by atoms with Crippen LogP contribution in [0.2, 0.25) is 0 Å². The summed E-state index contributed by atoms with van der Waals surface area (Å²) in [6.07, 6.45) is 3.27. The number of amides is 4. The molecular weight excluding hydrogens is 434 g/mol. The third-order valence-corrected chi connectivity index (χ3v) is 5.04. The van der Waals surface area contributed by atoms with Crippen molar-refractivity contribution in [2.24, 2.45) is 0 Å². The largest absolute Gasteiger partial charge is 0.508 e. The third-order valence-electron chi connectivity index (χ3n) is 5.04. The fourth-order valence-electron chi connectivity index (χ4n) is 3.18. The summed E-state index contributed by atoms with van der Waals surface area (Å²) in [4.78, 5) is 38.1. The molecule has 0 unspecified atom stereocenters. The first-order valence-electron chi connectivity index (χ1n) is 10.6. The first-order chi connectivity index (χ1) is 16.4. The zero-order chi connectivity index (χ0) is 24.3. The van der Waals surface area contributed by atoms with E-state index in [1.165, 1.54) is 16.5 Å². The van der Waals surface area contributed by atoms with Gasteiger partial charge in [-0.1, -0.05) is 54.6 Å². The lowest BCUT2D eigenvalue weighted by molar-refractivity contribution is -0.124. The molecule has 0 aliphatic rings. The molecular formula is C26H25N3O5. The van der Waals surface area contributed by atoms with Crippen LogP contribution in [0, 0.1) is 0 Å². The predicted octanol–water partition coefficient (Wildman–Crippen LogP) is 3.51. The Bertz CT molecular complexity index is 1140. The average molecular weight is 460 g/mol. The van der Waals surface area contributed by atoms with Gasteiger partial charge in [0.25, 0.3) is 11.8 Å². The maximum absolute atomic E-state index is 13.0. The van der Waals surface area contributed by atoms with Crippen molar-refractivity contribution < 1.29 is 24.7 Å². The number of phenolic OH excluding ortho intramolecular Hbond substituents is 1. The molecule has 4 amide bonds. The number of aromatic hydroxyl groups is 1. The Morgan fingerprint density at radius 1 is 0.853 bits per heavy atom. The molecule has 34 heavy (non-hydrogen) atoms. The standard InChI is InChI=1S/C26H25N3O5/c30-23-13-10-20(11-14-23)16-17-29(26(33)27-25(32)22-4-2-1-3-5-22)18-21-8-6-19(7-9-21)12-15-24(31)28-34/h1-15,30,34H,16-18H2,(H,28,31)(H,27,32,33)/b15-12+. The van der Waals surface area contributed by atoms with Crippen LogP contribution in [0.15, 0.2) is 84.9 Å². The van der Waals surface area contributed by atoms with Gasteiger partial charge in [0.15, 0.2) is 0 Å².